The second-order valence-electron chi connectivity index (χ2n) is 5.31. The summed E-state index contributed by atoms with van der Waals surface area (Å²) >= 11 is 0. The molecule has 1 heterocycles. The van der Waals surface area contributed by atoms with E-state index >= 15 is 0 Å². The third kappa shape index (κ3) is 4.13. The van der Waals surface area contributed by atoms with Gasteiger partial charge in [-0.25, -0.2) is 14.4 Å². The zero-order valence-electron chi connectivity index (χ0n) is 13.8. The SMILES string of the molecule is CCCNC(=O)c1nc(C)c(C)nc1C(=O)Nc1ccc(F)cc1. The Labute approximate surface area is 139 Å². The summed E-state index contributed by atoms with van der Waals surface area (Å²) in [4.78, 5) is 33.1. The number of carbonyl (C=O) groups is 2. The van der Waals surface area contributed by atoms with Gasteiger partial charge in [0.15, 0.2) is 11.4 Å². The van der Waals surface area contributed by atoms with Crippen LogP contribution in [0.5, 0.6) is 0 Å². The molecular weight excluding hydrogens is 311 g/mol. The molecule has 0 unspecified atom stereocenters. The Kier molecular flexibility index (Phi) is 5.57. The van der Waals surface area contributed by atoms with Crippen molar-refractivity contribution in [2.24, 2.45) is 0 Å². The Morgan fingerprint density at radius 3 is 2.08 bits per heavy atom. The van der Waals surface area contributed by atoms with E-state index in [0.29, 0.717) is 23.6 Å². The van der Waals surface area contributed by atoms with Crippen LogP contribution in [0.3, 0.4) is 0 Å². The van der Waals surface area contributed by atoms with E-state index < -0.39 is 17.6 Å². The van der Waals surface area contributed by atoms with Crippen LogP contribution in [0.15, 0.2) is 24.3 Å². The van der Waals surface area contributed by atoms with Gasteiger partial charge in [-0.3, -0.25) is 9.59 Å². The van der Waals surface area contributed by atoms with Crippen LogP contribution in [0, 0.1) is 19.7 Å². The van der Waals surface area contributed by atoms with E-state index in [2.05, 4.69) is 20.6 Å². The van der Waals surface area contributed by atoms with Crippen molar-refractivity contribution in [2.45, 2.75) is 27.2 Å². The number of hydrogen-bond donors (Lipinski definition) is 2. The number of nitrogens with one attached hydrogen (secondary N) is 2. The quantitative estimate of drug-likeness (QED) is 0.883. The molecule has 2 N–H and O–H groups in total. The maximum absolute atomic E-state index is 12.9. The van der Waals surface area contributed by atoms with Gasteiger partial charge in [0.25, 0.3) is 11.8 Å². The Balaban J connectivity index is 2.32. The van der Waals surface area contributed by atoms with Crippen LogP contribution in [0.25, 0.3) is 0 Å². The molecule has 0 spiro atoms. The monoisotopic (exact) mass is 330 g/mol. The van der Waals surface area contributed by atoms with Gasteiger partial charge in [0.2, 0.25) is 0 Å². The first-order chi connectivity index (χ1) is 11.4. The van der Waals surface area contributed by atoms with E-state index in [1.54, 1.807) is 13.8 Å². The summed E-state index contributed by atoms with van der Waals surface area (Å²) in [7, 11) is 0. The van der Waals surface area contributed by atoms with Crippen LogP contribution in [-0.2, 0) is 0 Å². The molecule has 0 saturated carbocycles. The lowest BCUT2D eigenvalue weighted by Gasteiger charge is -2.11. The molecule has 2 aromatic rings. The van der Waals surface area contributed by atoms with E-state index in [1.807, 2.05) is 6.92 Å². The maximum Gasteiger partial charge on any atom is 0.276 e. The summed E-state index contributed by atoms with van der Waals surface area (Å²) < 4.78 is 12.9. The number of aromatic nitrogens is 2. The second kappa shape index (κ2) is 7.63. The standard InChI is InChI=1S/C17H19FN4O2/c1-4-9-19-16(23)14-15(21-11(3)10(2)20-14)17(24)22-13-7-5-12(18)6-8-13/h5-8H,4,9H2,1-3H3,(H,19,23)(H,22,24). The second-order valence-corrected chi connectivity index (χ2v) is 5.31. The summed E-state index contributed by atoms with van der Waals surface area (Å²) in [6.07, 6.45) is 0.765. The summed E-state index contributed by atoms with van der Waals surface area (Å²) in [5.74, 6) is -1.42. The van der Waals surface area contributed by atoms with Gasteiger partial charge in [0.1, 0.15) is 5.82 Å². The first-order valence-electron chi connectivity index (χ1n) is 7.62. The van der Waals surface area contributed by atoms with Crippen molar-refractivity contribution in [3.63, 3.8) is 0 Å². The van der Waals surface area contributed by atoms with E-state index in [1.165, 1.54) is 24.3 Å². The molecule has 1 aromatic heterocycles. The fraction of sp³-hybridized carbons (Fsp3) is 0.294. The molecule has 0 saturated heterocycles. The molecule has 2 amide bonds. The normalized spacial score (nSPS) is 10.3. The van der Waals surface area contributed by atoms with Gasteiger partial charge in [0, 0.05) is 12.2 Å². The molecule has 1 aromatic carbocycles. The van der Waals surface area contributed by atoms with Gasteiger partial charge in [-0.05, 0) is 44.5 Å². The van der Waals surface area contributed by atoms with Crippen LogP contribution in [0.1, 0.15) is 45.7 Å². The van der Waals surface area contributed by atoms with Gasteiger partial charge in [-0.1, -0.05) is 6.92 Å². The Morgan fingerprint density at radius 2 is 1.54 bits per heavy atom. The highest BCUT2D eigenvalue weighted by molar-refractivity contribution is 6.10. The molecule has 0 aliphatic heterocycles. The smallest absolute Gasteiger partial charge is 0.276 e. The fourth-order valence-corrected chi connectivity index (χ4v) is 1.97. The van der Waals surface area contributed by atoms with E-state index in [4.69, 9.17) is 0 Å². The fourth-order valence-electron chi connectivity index (χ4n) is 1.97. The Morgan fingerprint density at radius 1 is 1.00 bits per heavy atom. The highest BCUT2D eigenvalue weighted by Crippen LogP contribution is 2.13. The average Bonchev–Trinajstić information content (AvgIpc) is 2.56. The lowest BCUT2D eigenvalue weighted by atomic mass is 10.2. The lowest BCUT2D eigenvalue weighted by molar-refractivity contribution is 0.0933. The third-order valence-corrected chi connectivity index (χ3v) is 3.37. The van der Waals surface area contributed by atoms with Crippen LogP contribution in [0.2, 0.25) is 0 Å². The summed E-state index contributed by atoms with van der Waals surface area (Å²) in [5.41, 5.74) is 1.46. The molecule has 126 valence electrons. The summed E-state index contributed by atoms with van der Waals surface area (Å²) in [6, 6.07) is 5.32. The number of anilines is 1. The predicted molar refractivity (Wildman–Crippen MR) is 88.5 cm³/mol. The number of benzene rings is 1. The van der Waals surface area contributed by atoms with Crippen molar-refractivity contribution < 1.29 is 14.0 Å². The van der Waals surface area contributed by atoms with Crippen molar-refractivity contribution in [1.82, 2.24) is 15.3 Å². The van der Waals surface area contributed by atoms with Crippen molar-refractivity contribution in [3.8, 4) is 0 Å². The minimum Gasteiger partial charge on any atom is -0.351 e. The topological polar surface area (TPSA) is 84.0 Å². The van der Waals surface area contributed by atoms with Gasteiger partial charge in [-0.2, -0.15) is 0 Å². The van der Waals surface area contributed by atoms with Crippen molar-refractivity contribution >= 4 is 17.5 Å². The maximum atomic E-state index is 12.9. The third-order valence-electron chi connectivity index (χ3n) is 3.37. The molecule has 0 bridgehead atoms. The highest BCUT2D eigenvalue weighted by Gasteiger charge is 2.22. The largest absolute Gasteiger partial charge is 0.351 e. The number of carbonyl (C=O) groups excluding carboxylic acids is 2. The molecule has 6 nitrogen and oxygen atoms in total. The van der Waals surface area contributed by atoms with Crippen LogP contribution in [0.4, 0.5) is 10.1 Å². The molecular formula is C17H19FN4O2. The molecule has 24 heavy (non-hydrogen) atoms. The Hall–Kier alpha value is -2.83. The molecule has 0 radical (unpaired) electrons. The average molecular weight is 330 g/mol. The van der Waals surface area contributed by atoms with Crippen molar-refractivity contribution in [2.75, 3.05) is 11.9 Å². The molecule has 0 aliphatic carbocycles. The number of rotatable bonds is 5. The first kappa shape index (κ1) is 17.5. The number of halogens is 1. The first-order valence-corrected chi connectivity index (χ1v) is 7.62. The zero-order chi connectivity index (χ0) is 17.7. The molecule has 7 heteroatoms. The highest BCUT2D eigenvalue weighted by atomic mass is 19.1. The summed E-state index contributed by atoms with van der Waals surface area (Å²) in [6.45, 7) is 5.84. The number of nitrogens with zero attached hydrogens (tertiary/aromatic N) is 2. The molecule has 0 aliphatic rings. The molecule has 2 rings (SSSR count). The number of hydrogen-bond acceptors (Lipinski definition) is 4. The van der Waals surface area contributed by atoms with E-state index in [9.17, 15) is 14.0 Å². The van der Waals surface area contributed by atoms with E-state index in [-0.39, 0.29) is 11.4 Å². The number of amides is 2. The lowest BCUT2D eigenvalue weighted by Crippen LogP contribution is -2.30. The van der Waals surface area contributed by atoms with Gasteiger partial charge < -0.3 is 10.6 Å². The van der Waals surface area contributed by atoms with Gasteiger partial charge in [0.05, 0.1) is 11.4 Å². The summed E-state index contributed by atoms with van der Waals surface area (Å²) in [5, 5.41) is 5.29. The van der Waals surface area contributed by atoms with E-state index in [0.717, 1.165) is 6.42 Å². The van der Waals surface area contributed by atoms with Crippen molar-refractivity contribution in [3.05, 3.63) is 52.9 Å². The minimum atomic E-state index is -0.571. The number of aryl methyl sites for hydroxylation is 2. The molecule has 0 atom stereocenters. The van der Waals surface area contributed by atoms with Crippen LogP contribution < -0.4 is 10.6 Å². The van der Waals surface area contributed by atoms with Gasteiger partial charge in [-0.15, -0.1) is 0 Å². The van der Waals surface area contributed by atoms with Crippen LogP contribution in [-0.4, -0.2) is 28.3 Å². The Bertz CT molecular complexity index is 760. The predicted octanol–water partition coefficient (Wildman–Crippen LogP) is 2.62. The minimum absolute atomic E-state index is 0.0221. The van der Waals surface area contributed by atoms with Crippen LogP contribution >= 0.6 is 0 Å². The van der Waals surface area contributed by atoms with Gasteiger partial charge >= 0.3 is 0 Å². The zero-order valence-corrected chi connectivity index (χ0v) is 13.8. The van der Waals surface area contributed by atoms with Crippen molar-refractivity contribution in [1.29, 1.82) is 0 Å². The molecule has 0 fully saturated rings.